The van der Waals surface area contributed by atoms with E-state index in [2.05, 4.69) is 0 Å². The average molecular weight is 303 g/mol. The summed E-state index contributed by atoms with van der Waals surface area (Å²) < 4.78 is 0. The molecule has 6 nitrogen and oxygen atoms in total. The molecule has 1 aliphatic heterocycles. The van der Waals surface area contributed by atoms with Crippen molar-refractivity contribution in [2.75, 3.05) is 31.1 Å². The number of hydrogen-bond donors (Lipinski definition) is 0. The molecule has 1 aliphatic rings. The van der Waals surface area contributed by atoms with Crippen molar-refractivity contribution < 1.29 is 9.72 Å². The minimum absolute atomic E-state index is 0.0593. The lowest BCUT2D eigenvalue weighted by atomic mass is 10.2. The summed E-state index contributed by atoms with van der Waals surface area (Å²) in [6.07, 6.45) is 2.77. The average Bonchev–Trinajstić information content (AvgIpc) is 2.54. The number of nitrogens with zero attached hydrogens (tertiary/aromatic N) is 3. The fraction of sp³-hybridized carbons (Fsp3) is 0.438. The second kappa shape index (κ2) is 7.06. The van der Waals surface area contributed by atoms with Crippen LogP contribution in [0.5, 0.6) is 0 Å². The van der Waals surface area contributed by atoms with Crippen LogP contribution < -0.4 is 4.90 Å². The number of benzene rings is 1. The molecule has 1 aromatic carbocycles. The zero-order chi connectivity index (χ0) is 16.1. The SMILES string of the molecule is CC/C=C(/C)C(=O)N1CCN(c2ccccc2[N+](=O)[O-])CC1. The van der Waals surface area contributed by atoms with Gasteiger partial charge >= 0.3 is 0 Å². The van der Waals surface area contributed by atoms with Gasteiger partial charge in [-0.2, -0.15) is 0 Å². The molecule has 0 radical (unpaired) electrons. The van der Waals surface area contributed by atoms with Crippen molar-refractivity contribution in [1.82, 2.24) is 4.90 Å². The minimum atomic E-state index is -0.360. The van der Waals surface area contributed by atoms with E-state index in [0.29, 0.717) is 31.9 Å². The maximum absolute atomic E-state index is 12.2. The number of carbonyl (C=O) groups excluding carboxylic acids is 1. The van der Waals surface area contributed by atoms with Crippen LogP contribution >= 0.6 is 0 Å². The lowest BCUT2D eigenvalue weighted by molar-refractivity contribution is -0.384. The van der Waals surface area contributed by atoms with Crippen LogP contribution in [0.15, 0.2) is 35.9 Å². The van der Waals surface area contributed by atoms with Crippen LogP contribution in [0.25, 0.3) is 0 Å². The number of hydrogen-bond acceptors (Lipinski definition) is 4. The van der Waals surface area contributed by atoms with Gasteiger partial charge in [0.25, 0.3) is 5.69 Å². The number of anilines is 1. The highest BCUT2D eigenvalue weighted by atomic mass is 16.6. The van der Waals surface area contributed by atoms with Crippen LogP contribution in [0.1, 0.15) is 20.3 Å². The van der Waals surface area contributed by atoms with Gasteiger partial charge in [-0.1, -0.05) is 25.1 Å². The molecular formula is C16H21N3O3. The van der Waals surface area contributed by atoms with E-state index >= 15 is 0 Å². The van der Waals surface area contributed by atoms with E-state index < -0.39 is 0 Å². The first-order chi connectivity index (χ1) is 10.5. The van der Waals surface area contributed by atoms with Gasteiger partial charge < -0.3 is 9.80 Å². The Morgan fingerprint density at radius 1 is 1.27 bits per heavy atom. The van der Waals surface area contributed by atoms with Crippen LogP contribution in [0.4, 0.5) is 11.4 Å². The van der Waals surface area contributed by atoms with E-state index in [4.69, 9.17) is 0 Å². The van der Waals surface area contributed by atoms with Crippen LogP contribution in [0.2, 0.25) is 0 Å². The molecular weight excluding hydrogens is 282 g/mol. The third-order valence-electron chi connectivity index (χ3n) is 3.83. The van der Waals surface area contributed by atoms with Gasteiger partial charge in [0.2, 0.25) is 5.91 Å². The number of para-hydroxylation sites is 2. The Labute approximate surface area is 130 Å². The lowest BCUT2D eigenvalue weighted by Gasteiger charge is -2.36. The molecule has 0 bridgehead atoms. The molecule has 0 saturated carbocycles. The fourth-order valence-electron chi connectivity index (χ4n) is 2.68. The maximum Gasteiger partial charge on any atom is 0.292 e. The topological polar surface area (TPSA) is 66.7 Å². The molecule has 1 aromatic rings. The third kappa shape index (κ3) is 3.44. The lowest BCUT2D eigenvalue weighted by Crippen LogP contribution is -2.49. The van der Waals surface area contributed by atoms with Gasteiger partial charge in [-0.15, -0.1) is 0 Å². The van der Waals surface area contributed by atoms with Gasteiger partial charge in [-0.25, -0.2) is 0 Å². The van der Waals surface area contributed by atoms with Crippen molar-refractivity contribution in [1.29, 1.82) is 0 Å². The number of amides is 1. The van der Waals surface area contributed by atoms with Crippen LogP contribution in [0.3, 0.4) is 0 Å². The van der Waals surface area contributed by atoms with Crippen molar-refractivity contribution in [3.63, 3.8) is 0 Å². The first-order valence-electron chi connectivity index (χ1n) is 7.49. The Kier molecular flexibility index (Phi) is 5.14. The summed E-state index contributed by atoms with van der Waals surface area (Å²) in [6, 6.07) is 6.74. The number of nitro benzene ring substituents is 1. The molecule has 1 amide bonds. The van der Waals surface area contributed by atoms with E-state index in [1.54, 1.807) is 18.2 Å². The third-order valence-corrected chi connectivity index (χ3v) is 3.83. The highest BCUT2D eigenvalue weighted by Gasteiger charge is 2.25. The summed E-state index contributed by atoms with van der Waals surface area (Å²) in [4.78, 5) is 26.8. The van der Waals surface area contributed by atoms with Crippen molar-refractivity contribution in [3.8, 4) is 0 Å². The monoisotopic (exact) mass is 303 g/mol. The number of nitro groups is 1. The Bertz CT molecular complexity index is 590. The molecule has 0 aliphatic carbocycles. The standard InChI is InChI=1S/C16H21N3O3/c1-3-6-13(2)16(20)18-11-9-17(10-12-18)14-7-4-5-8-15(14)19(21)22/h4-8H,3,9-12H2,1-2H3/b13-6-. The molecule has 0 aromatic heterocycles. The predicted octanol–water partition coefficient (Wildman–Crippen LogP) is 2.60. The number of allylic oxidation sites excluding steroid dienone is 1. The molecule has 6 heteroatoms. The molecule has 118 valence electrons. The summed E-state index contributed by atoms with van der Waals surface area (Å²) in [5.74, 6) is 0.0593. The second-order valence-electron chi connectivity index (χ2n) is 5.32. The molecule has 1 fully saturated rings. The molecule has 22 heavy (non-hydrogen) atoms. The van der Waals surface area contributed by atoms with Crippen molar-refractivity contribution >= 4 is 17.3 Å². The second-order valence-corrected chi connectivity index (χ2v) is 5.32. The van der Waals surface area contributed by atoms with Gasteiger partial charge in [0.1, 0.15) is 5.69 Å². The summed E-state index contributed by atoms with van der Waals surface area (Å²) >= 11 is 0. The van der Waals surface area contributed by atoms with Gasteiger partial charge in [0.05, 0.1) is 4.92 Å². The summed E-state index contributed by atoms with van der Waals surface area (Å²) in [5.41, 5.74) is 1.51. The first-order valence-corrected chi connectivity index (χ1v) is 7.49. The first kappa shape index (κ1) is 16.0. The van der Waals surface area contributed by atoms with E-state index in [0.717, 1.165) is 12.0 Å². The zero-order valence-corrected chi connectivity index (χ0v) is 13.0. The predicted molar refractivity (Wildman–Crippen MR) is 85.9 cm³/mol. The molecule has 2 rings (SSSR count). The summed E-state index contributed by atoms with van der Waals surface area (Å²) in [5, 5.41) is 11.1. The van der Waals surface area contributed by atoms with E-state index in [1.807, 2.05) is 29.7 Å². The largest absolute Gasteiger partial charge is 0.362 e. The Morgan fingerprint density at radius 3 is 2.50 bits per heavy atom. The normalized spacial score (nSPS) is 15.8. The Hall–Kier alpha value is -2.37. The van der Waals surface area contributed by atoms with Gasteiger partial charge in [0.15, 0.2) is 0 Å². The van der Waals surface area contributed by atoms with Gasteiger partial charge in [-0.3, -0.25) is 14.9 Å². The number of piperazine rings is 1. The van der Waals surface area contributed by atoms with Crippen molar-refractivity contribution in [3.05, 3.63) is 46.0 Å². The highest BCUT2D eigenvalue weighted by molar-refractivity contribution is 5.93. The molecule has 1 heterocycles. The quantitative estimate of drug-likeness (QED) is 0.487. The number of carbonyl (C=O) groups is 1. The Balaban J connectivity index is 2.05. The van der Waals surface area contributed by atoms with E-state index in [1.165, 1.54) is 6.07 Å². The Morgan fingerprint density at radius 2 is 1.91 bits per heavy atom. The van der Waals surface area contributed by atoms with Crippen LogP contribution in [-0.4, -0.2) is 41.9 Å². The van der Waals surface area contributed by atoms with Crippen molar-refractivity contribution in [2.24, 2.45) is 0 Å². The van der Waals surface area contributed by atoms with Crippen molar-refractivity contribution in [2.45, 2.75) is 20.3 Å². The van der Waals surface area contributed by atoms with E-state index in [9.17, 15) is 14.9 Å². The van der Waals surface area contributed by atoms with E-state index in [-0.39, 0.29) is 16.5 Å². The van der Waals surface area contributed by atoms with Crippen LogP contribution in [-0.2, 0) is 4.79 Å². The summed E-state index contributed by atoms with van der Waals surface area (Å²) in [6.45, 7) is 6.22. The van der Waals surface area contributed by atoms with Gasteiger partial charge in [-0.05, 0) is 19.4 Å². The fourth-order valence-corrected chi connectivity index (χ4v) is 2.68. The smallest absolute Gasteiger partial charge is 0.292 e. The zero-order valence-electron chi connectivity index (χ0n) is 13.0. The molecule has 0 spiro atoms. The maximum atomic E-state index is 12.2. The highest BCUT2D eigenvalue weighted by Crippen LogP contribution is 2.28. The molecule has 0 unspecified atom stereocenters. The van der Waals surface area contributed by atoms with Gasteiger partial charge in [0, 0.05) is 37.8 Å². The number of rotatable bonds is 4. The minimum Gasteiger partial charge on any atom is -0.362 e. The molecule has 0 N–H and O–H groups in total. The summed E-state index contributed by atoms with van der Waals surface area (Å²) in [7, 11) is 0. The molecule has 1 saturated heterocycles. The van der Waals surface area contributed by atoms with Crippen LogP contribution in [0, 0.1) is 10.1 Å². The molecule has 0 atom stereocenters.